The molecule has 1 heterocycles. The van der Waals surface area contributed by atoms with Crippen molar-refractivity contribution in [2.24, 2.45) is 0 Å². The SMILES string of the molecule is COOCc1ccc(OC)c(N)n1. The minimum absolute atomic E-state index is 0.269. The van der Waals surface area contributed by atoms with Crippen LogP contribution in [0.2, 0.25) is 0 Å². The molecule has 5 nitrogen and oxygen atoms in total. The van der Waals surface area contributed by atoms with Crippen LogP contribution in [-0.4, -0.2) is 19.2 Å². The van der Waals surface area contributed by atoms with Gasteiger partial charge in [0, 0.05) is 0 Å². The number of methoxy groups -OCH3 is 1. The minimum atomic E-state index is 0.269. The number of nitrogens with two attached hydrogens (primary N) is 1. The number of nitrogen functional groups attached to an aromatic ring is 1. The summed E-state index contributed by atoms with van der Waals surface area (Å²) >= 11 is 0. The van der Waals surface area contributed by atoms with E-state index in [4.69, 9.17) is 10.5 Å². The zero-order valence-corrected chi connectivity index (χ0v) is 7.61. The molecule has 0 aliphatic heterocycles. The standard InChI is InChI=1S/C8H12N2O3/c1-11-7-4-3-6(5-13-12-2)10-8(7)9/h3-4H,5H2,1-2H3,(H2,9,10). The van der Waals surface area contributed by atoms with Gasteiger partial charge >= 0.3 is 0 Å². The molecule has 0 bridgehead atoms. The summed E-state index contributed by atoms with van der Waals surface area (Å²) in [7, 11) is 2.98. The van der Waals surface area contributed by atoms with Crippen molar-refractivity contribution >= 4 is 5.82 Å². The van der Waals surface area contributed by atoms with E-state index in [1.54, 1.807) is 19.2 Å². The molecule has 0 fully saturated rings. The lowest BCUT2D eigenvalue weighted by Gasteiger charge is -2.05. The molecule has 0 unspecified atom stereocenters. The van der Waals surface area contributed by atoms with Gasteiger partial charge in [-0.2, -0.15) is 0 Å². The van der Waals surface area contributed by atoms with Crippen molar-refractivity contribution in [2.45, 2.75) is 6.61 Å². The van der Waals surface area contributed by atoms with Crippen LogP contribution in [0, 0.1) is 0 Å². The molecule has 5 heteroatoms. The first-order chi connectivity index (χ1) is 6.27. The van der Waals surface area contributed by atoms with E-state index >= 15 is 0 Å². The Morgan fingerprint density at radius 2 is 2.15 bits per heavy atom. The highest BCUT2D eigenvalue weighted by molar-refractivity contribution is 5.46. The molecule has 1 aromatic rings. The Bertz CT molecular complexity index is 278. The van der Waals surface area contributed by atoms with Crippen LogP contribution in [0.25, 0.3) is 0 Å². The normalized spacial score (nSPS) is 10.0. The number of hydrogen-bond acceptors (Lipinski definition) is 5. The quantitative estimate of drug-likeness (QED) is 0.552. The monoisotopic (exact) mass is 184 g/mol. The maximum atomic E-state index is 5.57. The van der Waals surface area contributed by atoms with Gasteiger partial charge in [-0.15, -0.1) is 0 Å². The lowest BCUT2D eigenvalue weighted by molar-refractivity contribution is -0.282. The van der Waals surface area contributed by atoms with Crippen molar-refractivity contribution in [3.05, 3.63) is 17.8 Å². The van der Waals surface area contributed by atoms with Crippen LogP contribution in [0.4, 0.5) is 5.82 Å². The fraction of sp³-hybridized carbons (Fsp3) is 0.375. The van der Waals surface area contributed by atoms with Crippen molar-refractivity contribution < 1.29 is 14.5 Å². The molecule has 0 aromatic carbocycles. The van der Waals surface area contributed by atoms with Gasteiger partial charge in [0.2, 0.25) is 0 Å². The molecule has 72 valence electrons. The summed E-state index contributed by atoms with van der Waals surface area (Å²) in [6.07, 6.45) is 0. The summed E-state index contributed by atoms with van der Waals surface area (Å²) in [6.45, 7) is 0.269. The molecule has 2 N–H and O–H groups in total. The Balaban J connectivity index is 2.71. The molecule has 0 saturated carbocycles. The number of aromatic nitrogens is 1. The van der Waals surface area contributed by atoms with Gasteiger partial charge in [0.25, 0.3) is 0 Å². The van der Waals surface area contributed by atoms with Gasteiger partial charge in [-0.05, 0) is 12.1 Å². The molecule has 0 amide bonds. The maximum Gasteiger partial charge on any atom is 0.166 e. The minimum Gasteiger partial charge on any atom is -0.493 e. The van der Waals surface area contributed by atoms with Crippen molar-refractivity contribution in [3.8, 4) is 5.75 Å². The Labute approximate surface area is 76.4 Å². The first-order valence-electron chi connectivity index (χ1n) is 3.73. The van der Waals surface area contributed by atoms with E-state index in [1.807, 2.05) is 0 Å². The second kappa shape index (κ2) is 4.64. The van der Waals surface area contributed by atoms with Gasteiger partial charge in [-0.25, -0.2) is 14.8 Å². The van der Waals surface area contributed by atoms with E-state index < -0.39 is 0 Å². The molecule has 0 spiro atoms. The third kappa shape index (κ3) is 2.57. The summed E-state index contributed by atoms with van der Waals surface area (Å²) in [5, 5.41) is 0. The summed E-state index contributed by atoms with van der Waals surface area (Å²) in [4.78, 5) is 13.1. The highest BCUT2D eigenvalue weighted by Gasteiger charge is 2.02. The smallest absolute Gasteiger partial charge is 0.166 e. The number of ether oxygens (including phenoxy) is 1. The first kappa shape index (κ1) is 9.76. The zero-order valence-electron chi connectivity index (χ0n) is 7.61. The van der Waals surface area contributed by atoms with Crippen LogP contribution < -0.4 is 10.5 Å². The highest BCUT2D eigenvalue weighted by atomic mass is 17.2. The summed E-state index contributed by atoms with van der Waals surface area (Å²) in [5.41, 5.74) is 6.27. The predicted octanol–water partition coefficient (Wildman–Crippen LogP) is 0.750. The molecule has 0 saturated heterocycles. The largest absolute Gasteiger partial charge is 0.493 e. The number of hydrogen-bond donors (Lipinski definition) is 1. The van der Waals surface area contributed by atoms with Crippen molar-refractivity contribution in [2.75, 3.05) is 20.0 Å². The van der Waals surface area contributed by atoms with Crippen LogP contribution in [0.1, 0.15) is 5.69 Å². The average molecular weight is 184 g/mol. The average Bonchev–Trinajstić information content (AvgIpc) is 2.15. The van der Waals surface area contributed by atoms with Gasteiger partial charge < -0.3 is 10.5 Å². The van der Waals surface area contributed by atoms with Gasteiger partial charge in [0.15, 0.2) is 11.6 Å². The summed E-state index contributed by atoms with van der Waals surface area (Å²) < 4.78 is 4.94. The third-order valence-electron chi connectivity index (χ3n) is 1.49. The third-order valence-corrected chi connectivity index (χ3v) is 1.49. The highest BCUT2D eigenvalue weighted by Crippen LogP contribution is 2.18. The van der Waals surface area contributed by atoms with E-state index in [-0.39, 0.29) is 6.61 Å². The number of pyridine rings is 1. The van der Waals surface area contributed by atoms with E-state index in [0.29, 0.717) is 17.3 Å². The molecular weight excluding hydrogens is 172 g/mol. The zero-order chi connectivity index (χ0) is 9.68. The van der Waals surface area contributed by atoms with Gasteiger partial charge in [0.1, 0.15) is 6.61 Å². The molecular formula is C8H12N2O3. The summed E-state index contributed by atoms with van der Waals surface area (Å²) in [6, 6.07) is 3.49. The number of rotatable bonds is 4. The second-order valence-electron chi connectivity index (χ2n) is 2.32. The number of anilines is 1. The van der Waals surface area contributed by atoms with Gasteiger partial charge in [0.05, 0.1) is 19.9 Å². The maximum absolute atomic E-state index is 5.57. The van der Waals surface area contributed by atoms with Crippen LogP contribution in [0.5, 0.6) is 5.75 Å². The van der Waals surface area contributed by atoms with Gasteiger partial charge in [-0.1, -0.05) is 0 Å². The molecule has 0 atom stereocenters. The molecule has 0 aliphatic carbocycles. The number of nitrogens with zero attached hydrogens (tertiary/aromatic N) is 1. The van der Waals surface area contributed by atoms with Crippen molar-refractivity contribution in [3.63, 3.8) is 0 Å². The Kier molecular flexibility index (Phi) is 3.48. The molecule has 0 aliphatic rings. The van der Waals surface area contributed by atoms with Crippen molar-refractivity contribution in [1.82, 2.24) is 4.98 Å². The molecule has 13 heavy (non-hydrogen) atoms. The van der Waals surface area contributed by atoms with E-state index in [2.05, 4.69) is 14.8 Å². The lowest BCUT2D eigenvalue weighted by atomic mass is 10.3. The lowest BCUT2D eigenvalue weighted by Crippen LogP contribution is -2.00. The Morgan fingerprint density at radius 3 is 2.69 bits per heavy atom. The Morgan fingerprint density at radius 1 is 1.38 bits per heavy atom. The molecule has 1 rings (SSSR count). The Hall–Kier alpha value is -1.33. The van der Waals surface area contributed by atoms with Crippen LogP contribution >= 0.6 is 0 Å². The summed E-state index contributed by atoms with van der Waals surface area (Å²) in [5.74, 6) is 0.904. The van der Waals surface area contributed by atoms with Gasteiger partial charge in [-0.3, -0.25) is 0 Å². The van der Waals surface area contributed by atoms with Crippen LogP contribution in [0.15, 0.2) is 12.1 Å². The topological polar surface area (TPSA) is 66.6 Å². The molecule has 1 aromatic heterocycles. The van der Waals surface area contributed by atoms with Crippen molar-refractivity contribution in [1.29, 1.82) is 0 Å². The van der Waals surface area contributed by atoms with E-state index in [1.165, 1.54) is 7.11 Å². The van der Waals surface area contributed by atoms with Crippen LogP contribution in [-0.2, 0) is 16.4 Å². The predicted molar refractivity (Wildman–Crippen MR) is 47.0 cm³/mol. The molecule has 0 radical (unpaired) electrons. The van der Waals surface area contributed by atoms with Crippen LogP contribution in [0.3, 0.4) is 0 Å². The second-order valence-corrected chi connectivity index (χ2v) is 2.32. The fourth-order valence-corrected chi connectivity index (χ4v) is 0.877. The fourth-order valence-electron chi connectivity index (χ4n) is 0.877. The first-order valence-corrected chi connectivity index (χ1v) is 3.73. The van der Waals surface area contributed by atoms with E-state index in [0.717, 1.165) is 0 Å². The van der Waals surface area contributed by atoms with E-state index in [9.17, 15) is 0 Å².